The largest absolute Gasteiger partial charge is 0.348 e. The topological polar surface area (TPSA) is 52.2 Å². The van der Waals surface area contributed by atoms with Gasteiger partial charge in [0.2, 0.25) is 0 Å². The number of rotatable bonds is 3. The summed E-state index contributed by atoms with van der Waals surface area (Å²) < 4.78 is 0. The van der Waals surface area contributed by atoms with Crippen LogP contribution in [0.1, 0.15) is 58.9 Å². The fourth-order valence-electron chi connectivity index (χ4n) is 4.89. The van der Waals surface area contributed by atoms with Gasteiger partial charge in [-0.3, -0.25) is 9.69 Å². The first-order chi connectivity index (χ1) is 12.6. The van der Waals surface area contributed by atoms with E-state index in [0.717, 1.165) is 57.4 Å². The van der Waals surface area contributed by atoms with Gasteiger partial charge in [0.1, 0.15) is 0 Å². The number of thiophene rings is 1. The lowest BCUT2D eigenvalue weighted by atomic mass is 9.78. The Bertz CT molecular complexity index is 801. The van der Waals surface area contributed by atoms with Crippen molar-refractivity contribution in [1.29, 1.82) is 0 Å². The molecule has 2 aromatic heterocycles. The summed E-state index contributed by atoms with van der Waals surface area (Å²) in [5, 5.41) is 2.05. The highest BCUT2D eigenvalue weighted by Gasteiger charge is 2.46. The average Bonchev–Trinajstić information content (AvgIpc) is 3.29. The van der Waals surface area contributed by atoms with Gasteiger partial charge in [0.25, 0.3) is 5.91 Å². The SMILES string of the molecule is CCc1c(C(=O)N2CCC3(CC2)c2nc[nH]c2CCN3CC)csc1C. The molecule has 1 amide bonds. The van der Waals surface area contributed by atoms with Crippen molar-refractivity contribution in [3.8, 4) is 0 Å². The van der Waals surface area contributed by atoms with E-state index < -0.39 is 0 Å². The van der Waals surface area contributed by atoms with E-state index in [0.29, 0.717) is 0 Å². The van der Waals surface area contributed by atoms with Crippen LogP contribution in [0, 0.1) is 6.92 Å². The lowest BCUT2D eigenvalue weighted by Gasteiger charge is -2.50. The molecule has 0 atom stereocenters. The molecule has 2 aliphatic rings. The van der Waals surface area contributed by atoms with E-state index in [9.17, 15) is 4.79 Å². The van der Waals surface area contributed by atoms with Crippen molar-refractivity contribution in [2.75, 3.05) is 26.2 Å². The number of aromatic amines is 1. The number of aryl methyl sites for hydroxylation is 1. The second-order valence-electron chi connectivity index (χ2n) is 7.42. The second-order valence-corrected chi connectivity index (χ2v) is 8.50. The van der Waals surface area contributed by atoms with Crippen molar-refractivity contribution in [3.05, 3.63) is 39.1 Å². The number of piperidine rings is 1. The molecule has 2 aliphatic heterocycles. The van der Waals surface area contributed by atoms with Crippen LogP contribution in [0.15, 0.2) is 11.7 Å². The van der Waals surface area contributed by atoms with E-state index in [4.69, 9.17) is 4.98 Å². The smallest absolute Gasteiger partial charge is 0.254 e. The molecule has 5 nitrogen and oxygen atoms in total. The number of likely N-dealkylation sites (N-methyl/N-ethyl adjacent to an activating group) is 1. The summed E-state index contributed by atoms with van der Waals surface area (Å²) in [4.78, 5) is 27.0. The molecule has 1 N–H and O–H groups in total. The van der Waals surface area contributed by atoms with Crippen LogP contribution in [0.2, 0.25) is 0 Å². The third-order valence-electron chi connectivity index (χ3n) is 6.34. The molecule has 0 aromatic carbocycles. The van der Waals surface area contributed by atoms with E-state index in [1.807, 2.05) is 11.7 Å². The van der Waals surface area contributed by atoms with E-state index in [2.05, 4.69) is 35.6 Å². The number of aromatic nitrogens is 2. The maximum atomic E-state index is 13.1. The normalized spacial score (nSPS) is 19.7. The summed E-state index contributed by atoms with van der Waals surface area (Å²) in [6.45, 7) is 10.2. The fraction of sp³-hybridized carbons (Fsp3) is 0.600. The summed E-state index contributed by atoms with van der Waals surface area (Å²) in [6, 6.07) is 0. The van der Waals surface area contributed by atoms with Crippen LogP contribution < -0.4 is 0 Å². The Labute approximate surface area is 159 Å². The molecule has 1 spiro atoms. The Kier molecular flexibility index (Phi) is 4.65. The third kappa shape index (κ3) is 2.62. The standard InChI is InChI=1S/C20H28N4OS/c1-4-15-14(3)26-12-16(15)19(25)23-10-7-20(8-11-23)18-17(21-13-22-18)6-9-24(20)5-2/h12-13H,4-11H2,1-3H3,(H,21,22). The molecule has 2 aromatic rings. The van der Waals surface area contributed by atoms with E-state index in [-0.39, 0.29) is 11.4 Å². The van der Waals surface area contributed by atoms with Crippen LogP contribution in [0.25, 0.3) is 0 Å². The van der Waals surface area contributed by atoms with Gasteiger partial charge in [0.15, 0.2) is 0 Å². The Morgan fingerprint density at radius 3 is 2.77 bits per heavy atom. The maximum Gasteiger partial charge on any atom is 0.254 e. The Balaban J connectivity index is 1.56. The zero-order valence-electron chi connectivity index (χ0n) is 16.0. The lowest BCUT2D eigenvalue weighted by molar-refractivity contribution is 0.0102. The molecule has 26 heavy (non-hydrogen) atoms. The Morgan fingerprint density at radius 2 is 2.08 bits per heavy atom. The van der Waals surface area contributed by atoms with E-state index in [1.54, 1.807) is 11.3 Å². The van der Waals surface area contributed by atoms with E-state index >= 15 is 0 Å². The third-order valence-corrected chi connectivity index (χ3v) is 7.30. The van der Waals surface area contributed by atoms with Crippen LogP contribution in [0.5, 0.6) is 0 Å². The predicted molar refractivity (Wildman–Crippen MR) is 105 cm³/mol. The number of imidazole rings is 1. The molecular formula is C20H28N4OS. The minimum absolute atomic E-state index is 0.00272. The quantitative estimate of drug-likeness (QED) is 0.899. The van der Waals surface area contributed by atoms with Gasteiger partial charge in [-0.15, -0.1) is 11.3 Å². The number of H-pyrrole nitrogens is 1. The molecule has 0 saturated carbocycles. The molecule has 4 heterocycles. The van der Waals surface area contributed by atoms with Crippen molar-refractivity contribution in [2.45, 2.75) is 52.0 Å². The molecule has 0 bridgehead atoms. The summed E-state index contributed by atoms with van der Waals surface area (Å²) in [7, 11) is 0. The van der Waals surface area contributed by atoms with Gasteiger partial charge < -0.3 is 9.88 Å². The van der Waals surface area contributed by atoms with Crippen molar-refractivity contribution < 1.29 is 4.79 Å². The van der Waals surface area contributed by atoms with Crippen molar-refractivity contribution in [2.24, 2.45) is 0 Å². The van der Waals surface area contributed by atoms with Gasteiger partial charge in [0, 0.05) is 42.0 Å². The minimum Gasteiger partial charge on any atom is -0.348 e. The number of likely N-dealkylation sites (tertiary alicyclic amines) is 1. The van der Waals surface area contributed by atoms with Gasteiger partial charge in [-0.25, -0.2) is 4.98 Å². The first-order valence-corrected chi connectivity index (χ1v) is 10.6. The number of nitrogens with zero attached hydrogens (tertiary/aromatic N) is 3. The van der Waals surface area contributed by atoms with Crippen LogP contribution in [-0.4, -0.2) is 51.9 Å². The number of hydrogen-bond donors (Lipinski definition) is 1. The van der Waals surface area contributed by atoms with E-state index in [1.165, 1.54) is 21.8 Å². The molecule has 6 heteroatoms. The fourth-order valence-corrected chi connectivity index (χ4v) is 5.82. The number of carbonyl (C=O) groups excluding carboxylic acids is 1. The van der Waals surface area contributed by atoms with Gasteiger partial charge >= 0.3 is 0 Å². The van der Waals surface area contributed by atoms with Crippen molar-refractivity contribution in [1.82, 2.24) is 19.8 Å². The number of fused-ring (bicyclic) bond motifs is 2. The summed E-state index contributed by atoms with van der Waals surface area (Å²) in [6.07, 6.45) is 5.74. The maximum absolute atomic E-state index is 13.1. The number of nitrogens with one attached hydrogen (secondary N) is 1. The highest BCUT2D eigenvalue weighted by atomic mass is 32.1. The number of carbonyl (C=O) groups is 1. The molecule has 1 saturated heterocycles. The van der Waals surface area contributed by atoms with Crippen LogP contribution in [-0.2, 0) is 18.4 Å². The Morgan fingerprint density at radius 1 is 1.31 bits per heavy atom. The monoisotopic (exact) mass is 372 g/mol. The zero-order chi connectivity index (χ0) is 18.3. The van der Waals surface area contributed by atoms with Crippen LogP contribution >= 0.6 is 11.3 Å². The molecule has 0 aliphatic carbocycles. The molecule has 4 rings (SSSR count). The van der Waals surface area contributed by atoms with Crippen molar-refractivity contribution in [3.63, 3.8) is 0 Å². The molecular weight excluding hydrogens is 344 g/mol. The number of hydrogen-bond acceptors (Lipinski definition) is 4. The molecule has 0 radical (unpaired) electrons. The second kappa shape index (κ2) is 6.82. The highest BCUT2D eigenvalue weighted by Crippen LogP contribution is 2.42. The van der Waals surface area contributed by atoms with Gasteiger partial charge in [0.05, 0.1) is 23.1 Å². The highest BCUT2D eigenvalue weighted by molar-refractivity contribution is 7.10. The zero-order valence-corrected chi connectivity index (χ0v) is 16.8. The molecule has 140 valence electrons. The Hall–Kier alpha value is -1.66. The first-order valence-electron chi connectivity index (χ1n) is 9.74. The average molecular weight is 373 g/mol. The number of amides is 1. The van der Waals surface area contributed by atoms with Crippen molar-refractivity contribution >= 4 is 17.2 Å². The summed E-state index contributed by atoms with van der Waals surface area (Å²) in [5.74, 6) is 0.210. The van der Waals surface area contributed by atoms with Gasteiger partial charge in [-0.05, 0) is 38.3 Å². The van der Waals surface area contributed by atoms with Gasteiger partial charge in [-0.1, -0.05) is 13.8 Å². The van der Waals surface area contributed by atoms with Gasteiger partial charge in [-0.2, -0.15) is 0 Å². The summed E-state index contributed by atoms with van der Waals surface area (Å²) >= 11 is 1.70. The summed E-state index contributed by atoms with van der Waals surface area (Å²) in [5.41, 5.74) is 4.65. The van der Waals surface area contributed by atoms with Crippen LogP contribution in [0.3, 0.4) is 0 Å². The minimum atomic E-state index is -0.00272. The molecule has 1 fully saturated rings. The van der Waals surface area contributed by atoms with Crippen LogP contribution in [0.4, 0.5) is 0 Å². The lowest BCUT2D eigenvalue weighted by Crippen LogP contribution is -2.57. The molecule has 0 unspecified atom stereocenters. The first kappa shape index (κ1) is 17.7. The predicted octanol–water partition coefficient (Wildman–Crippen LogP) is 3.35.